The fourth-order valence-corrected chi connectivity index (χ4v) is 3.13. The van der Waals surface area contributed by atoms with Gasteiger partial charge in [-0.05, 0) is 48.4 Å². The summed E-state index contributed by atoms with van der Waals surface area (Å²) in [5.41, 5.74) is 9.74. The topological polar surface area (TPSA) is 76.8 Å². The van der Waals surface area contributed by atoms with Gasteiger partial charge < -0.3 is 10.5 Å². The molecule has 0 saturated heterocycles. The van der Waals surface area contributed by atoms with E-state index in [1.54, 1.807) is 49.8 Å². The Labute approximate surface area is 166 Å². The predicted molar refractivity (Wildman–Crippen MR) is 107 cm³/mol. The smallest absolute Gasteiger partial charge is 0.166 e. The first kappa shape index (κ1) is 18.6. The van der Waals surface area contributed by atoms with Crippen molar-refractivity contribution in [1.29, 1.82) is 0 Å². The maximum atomic E-state index is 14.0. The molecule has 4 aromatic rings. The van der Waals surface area contributed by atoms with Gasteiger partial charge in [0.1, 0.15) is 17.7 Å². The molecule has 1 atom stereocenters. The molecule has 2 heterocycles. The van der Waals surface area contributed by atoms with Gasteiger partial charge >= 0.3 is 0 Å². The summed E-state index contributed by atoms with van der Waals surface area (Å²) in [5.74, 6) is -0.120. The molecule has 0 aliphatic rings. The molecule has 0 bridgehead atoms. The number of aromatic amines is 1. The van der Waals surface area contributed by atoms with E-state index in [0.717, 1.165) is 22.3 Å². The predicted octanol–water partition coefficient (Wildman–Crippen LogP) is 5.14. The number of halogens is 2. The molecule has 146 valence electrons. The van der Waals surface area contributed by atoms with E-state index in [1.165, 1.54) is 24.3 Å². The lowest BCUT2D eigenvalue weighted by Gasteiger charge is -2.20. The Balaban J connectivity index is 1.69. The Bertz CT molecular complexity index is 1130. The van der Waals surface area contributed by atoms with Crippen molar-refractivity contribution in [3.63, 3.8) is 0 Å². The first-order chi connectivity index (χ1) is 14.0. The van der Waals surface area contributed by atoms with E-state index in [2.05, 4.69) is 15.2 Å². The Morgan fingerprint density at radius 1 is 0.931 bits per heavy atom. The van der Waals surface area contributed by atoms with Gasteiger partial charge in [-0.25, -0.2) is 13.8 Å². The van der Waals surface area contributed by atoms with E-state index in [-0.39, 0.29) is 17.5 Å². The van der Waals surface area contributed by atoms with Crippen molar-refractivity contribution < 1.29 is 13.5 Å². The number of hydrogen-bond acceptors (Lipinski definition) is 4. The minimum atomic E-state index is -0.533. The fourth-order valence-electron chi connectivity index (χ4n) is 3.13. The third-order valence-corrected chi connectivity index (χ3v) is 4.62. The molecule has 5 nitrogen and oxygen atoms in total. The van der Waals surface area contributed by atoms with Crippen molar-refractivity contribution in [2.75, 3.05) is 5.73 Å². The zero-order valence-corrected chi connectivity index (χ0v) is 15.6. The molecule has 0 saturated carbocycles. The number of hydrogen-bond donors (Lipinski definition) is 2. The zero-order valence-electron chi connectivity index (χ0n) is 15.6. The summed E-state index contributed by atoms with van der Waals surface area (Å²) in [7, 11) is 0. The van der Waals surface area contributed by atoms with Crippen LogP contribution in [0.3, 0.4) is 0 Å². The van der Waals surface area contributed by atoms with E-state index in [4.69, 9.17) is 10.5 Å². The van der Waals surface area contributed by atoms with Crippen LogP contribution in [0.5, 0.6) is 5.75 Å². The molecule has 0 fully saturated rings. The second-order valence-electron chi connectivity index (χ2n) is 6.59. The Kier molecular flexibility index (Phi) is 4.95. The number of anilines is 1. The maximum Gasteiger partial charge on any atom is 0.166 e. The van der Waals surface area contributed by atoms with E-state index in [1.807, 2.05) is 0 Å². The standard InChI is InChI=1S/C22H18F2N4O/c1-13(29-21-8-15(10-26-22(21)25)16-11-27-28-12-16)20-9-18(24)6-7-19(20)14-2-4-17(23)5-3-14/h2-13H,1H3,(H2,25,26)(H,27,28)/t13-/m1/s1. The number of benzene rings is 2. The minimum Gasteiger partial charge on any atom is -0.482 e. The molecule has 4 rings (SSSR count). The normalized spacial score (nSPS) is 12.0. The summed E-state index contributed by atoms with van der Waals surface area (Å²) in [6, 6.07) is 12.2. The SMILES string of the molecule is C[C@@H](Oc1cc(-c2cn[nH]c2)cnc1N)c1cc(F)ccc1-c1ccc(F)cc1. The molecule has 0 amide bonds. The summed E-state index contributed by atoms with van der Waals surface area (Å²) in [5, 5.41) is 6.67. The van der Waals surface area contributed by atoms with Crippen molar-refractivity contribution in [1.82, 2.24) is 15.2 Å². The summed E-state index contributed by atoms with van der Waals surface area (Å²) in [4.78, 5) is 4.18. The van der Waals surface area contributed by atoms with Crippen LogP contribution in [0.4, 0.5) is 14.6 Å². The first-order valence-corrected chi connectivity index (χ1v) is 8.98. The highest BCUT2D eigenvalue weighted by Gasteiger charge is 2.17. The summed E-state index contributed by atoms with van der Waals surface area (Å²) < 4.78 is 33.3. The lowest BCUT2D eigenvalue weighted by Crippen LogP contribution is -2.08. The second kappa shape index (κ2) is 7.71. The van der Waals surface area contributed by atoms with Crippen LogP contribution in [0.1, 0.15) is 18.6 Å². The van der Waals surface area contributed by atoms with Gasteiger partial charge in [0.05, 0.1) is 6.20 Å². The van der Waals surface area contributed by atoms with E-state index >= 15 is 0 Å². The molecule has 29 heavy (non-hydrogen) atoms. The largest absolute Gasteiger partial charge is 0.482 e. The van der Waals surface area contributed by atoms with E-state index in [0.29, 0.717) is 11.3 Å². The number of pyridine rings is 1. The second-order valence-corrected chi connectivity index (χ2v) is 6.59. The van der Waals surface area contributed by atoms with Gasteiger partial charge in [-0.15, -0.1) is 0 Å². The lowest BCUT2D eigenvalue weighted by molar-refractivity contribution is 0.228. The van der Waals surface area contributed by atoms with Crippen LogP contribution >= 0.6 is 0 Å². The number of aromatic nitrogens is 3. The lowest BCUT2D eigenvalue weighted by atomic mass is 9.96. The highest BCUT2D eigenvalue weighted by molar-refractivity contribution is 5.68. The average molecular weight is 392 g/mol. The molecule has 0 spiro atoms. The Morgan fingerprint density at radius 3 is 2.41 bits per heavy atom. The van der Waals surface area contributed by atoms with Crippen LogP contribution in [0, 0.1) is 11.6 Å². The Morgan fingerprint density at radius 2 is 1.69 bits per heavy atom. The van der Waals surface area contributed by atoms with Gasteiger partial charge in [0.2, 0.25) is 0 Å². The van der Waals surface area contributed by atoms with Crippen molar-refractivity contribution >= 4 is 5.82 Å². The van der Waals surface area contributed by atoms with Crippen LogP contribution < -0.4 is 10.5 Å². The third-order valence-electron chi connectivity index (χ3n) is 4.62. The van der Waals surface area contributed by atoms with Gasteiger partial charge in [-0.1, -0.05) is 18.2 Å². The Hall–Kier alpha value is -3.74. The van der Waals surface area contributed by atoms with Crippen LogP contribution in [0.2, 0.25) is 0 Å². The number of ether oxygens (including phenoxy) is 1. The highest BCUT2D eigenvalue weighted by Crippen LogP contribution is 2.34. The molecule has 0 unspecified atom stereocenters. The van der Waals surface area contributed by atoms with Gasteiger partial charge in [-0.3, -0.25) is 5.10 Å². The zero-order chi connectivity index (χ0) is 20.4. The highest BCUT2D eigenvalue weighted by atomic mass is 19.1. The van der Waals surface area contributed by atoms with Gasteiger partial charge in [-0.2, -0.15) is 5.10 Å². The van der Waals surface area contributed by atoms with Gasteiger partial charge in [0.15, 0.2) is 11.6 Å². The van der Waals surface area contributed by atoms with Crippen molar-refractivity contribution in [2.45, 2.75) is 13.0 Å². The molecular formula is C22H18F2N4O. The molecule has 0 aliphatic heterocycles. The molecule has 0 aliphatic carbocycles. The number of nitrogens with two attached hydrogens (primary N) is 1. The van der Waals surface area contributed by atoms with Crippen molar-refractivity contribution in [3.05, 3.63) is 84.3 Å². The fraction of sp³-hybridized carbons (Fsp3) is 0.0909. The third kappa shape index (κ3) is 3.94. The molecule has 7 heteroatoms. The minimum absolute atomic E-state index is 0.226. The van der Waals surface area contributed by atoms with E-state index in [9.17, 15) is 8.78 Å². The van der Waals surface area contributed by atoms with Crippen LogP contribution in [0.15, 0.2) is 67.1 Å². The van der Waals surface area contributed by atoms with E-state index < -0.39 is 6.10 Å². The first-order valence-electron chi connectivity index (χ1n) is 8.98. The van der Waals surface area contributed by atoms with Crippen molar-refractivity contribution in [3.8, 4) is 28.0 Å². The number of nitrogens with one attached hydrogen (secondary N) is 1. The molecular weight excluding hydrogens is 374 g/mol. The van der Waals surface area contributed by atoms with Crippen molar-refractivity contribution in [2.24, 2.45) is 0 Å². The molecule has 3 N–H and O–H groups in total. The van der Waals surface area contributed by atoms with Crippen LogP contribution in [0.25, 0.3) is 22.3 Å². The quantitative estimate of drug-likeness (QED) is 0.493. The summed E-state index contributed by atoms with van der Waals surface area (Å²) in [6.07, 6.45) is 4.50. The average Bonchev–Trinajstić information content (AvgIpc) is 3.25. The number of nitrogens with zero attached hydrogens (tertiary/aromatic N) is 2. The monoisotopic (exact) mass is 392 g/mol. The summed E-state index contributed by atoms with van der Waals surface area (Å²) in [6.45, 7) is 1.80. The number of H-pyrrole nitrogens is 1. The van der Waals surface area contributed by atoms with Gasteiger partial charge in [0, 0.05) is 29.1 Å². The number of rotatable bonds is 5. The van der Waals surface area contributed by atoms with Crippen LogP contribution in [-0.2, 0) is 0 Å². The molecule has 0 radical (unpaired) electrons. The van der Waals surface area contributed by atoms with Crippen LogP contribution in [-0.4, -0.2) is 15.2 Å². The molecule has 2 aromatic heterocycles. The van der Waals surface area contributed by atoms with Gasteiger partial charge in [0.25, 0.3) is 0 Å². The summed E-state index contributed by atoms with van der Waals surface area (Å²) >= 11 is 0. The molecule has 2 aromatic carbocycles. The number of nitrogen functional groups attached to an aromatic ring is 1. The maximum absolute atomic E-state index is 14.0.